The number of rotatable bonds is 11. The van der Waals surface area contributed by atoms with Crippen LogP contribution in [-0.2, 0) is 25.6 Å². The van der Waals surface area contributed by atoms with Crippen molar-refractivity contribution in [2.45, 2.75) is 74.3 Å². The molecule has 1 saturated heterocycles. The second kappa shape index (κ2) is 13.3. The molecule has 12 heteroatoms. The van der Waals surface area contributed by atoms with Gasteiger partial charge in [0.15, 0.2) is 0 Å². The molecule has 44 heavy (non-hydrogen) atoms. The second-order valence-electron chi connectivity index (χ2n) is 11.7. The number of nitrogens with zero attached hydrogens (tertiary/aromatic N) is 1. The standard InChI is InChI=1S/C32H38ClF2N3O5S/c1-2-19-42-28-21-24(10-12-27(28)33)32(34,35)29(30(39)38-17-13-25(36)14-18-38)31(15-5-6-16-31)43-37-44(40,41)26-11-9-22-7-3-4-8-23(22)20-26/h3-4,7-12,20-21,25,29,37H,2,5-6,13-19,36H2,1H3. The number of sulfonamides is 1. The number of hydrogen-bond donors (Lipinski definition) is 2. The van der Waals surface area contributed by atoms with Crippen LogP contribution in [0.3, 0.4) is 0 Å². The molecule has 3 aromatic rings. The number of halogens is 3. The van der Waals surface area contributed by atoms with Crippen molar-refractivity contribution in [3.05, 3.63) is 71.2 Å². The van der Waals surface area contributed by atoms with Crippen molar-refractivity contribution in [3.63, 3.8) is 0 Å². The van der Waals surface area contributed by atoms with Crippen molar-refractivity contribution in [2.24, 2.45) is 11.7 Å². The molecule has 2 aliphatic rings. The molecular formula is C32H38ClF2N3O5S. The maximum Gasteiger partial charge on any atom is 0.287 e. The zero-order chi connectivity index (χ0) is 31.5. The number of benzene rings is 3. The fourth-order valence-electron chi connectivity index (χ4n) is 6.16. The van der Waals surface area contributed by atoms with Crippen LogP contribution in [0.1, 0.15) is 57.4 Å². The van der Waals surface area contributed by atoms with Crippen LogP contribution < -0.4 is 15.4 Å². The molecule has 1 atom stereocenters. The number of carbonyl (C=O) groups excluding carboxylic acids is 1. The van der Waals surface area contributed by atoms with Crippen LogP contribution in [0.2, 0.25) is 5.02 Å². The Balaban J connectivity index is 1.52. The minimum absolute atomic E-state index is 0.0549. The molecule has 1 heterocycles. The summed E-state index contributed by atoms with van der Waals surface area (Å²) in [5.41, 5.74) is 3.75. The number of nitrogens with two attached hydrogens (primary N) is 1. The molecule has 0 spiro atoms. The van der Waals surface area contributed by atoms with E-state index in [0.29, 0.717) is 37.5 Å². The zero-order valence-corrected chi connectivity index (χ0v) is 26.2. The van der Waals surface area contributed by atoms with E-state index in [1.807, 2.05) is 19.1 Å². The Labute approximate surface area is 261 Å². The largest absolute Gasteiger partial charge is 0.492 e. The minimum atomic E-state index is -4.30. The first-order valence-electron chi connectivity index (χ1n) is 15.0. The Morgan fingerprint density at radius 1 is 1.09 bits per heavy atom. The molecule has 8 nitrogen and oxygen atoms in total. The van der Waals surface area contributed by atoms with Gasteiger partial charge in [0.1, 0.15) is 17.3 Å². The van der Waals surface area contributed by atoms with Gasteiger partial charge in [-0.1, -0.05) is 72.6 Å². The maximum atomic E-state index is 16.9. The Bertz CT molecular complexity index is 1590. The molecule has 1 saturated carbocycles. The van der Waals surface area contributed by atoms with E-state index < -0.39 is 38.9 Å². The van der Waals surface area contributed by atoms with E-state index in [-0.39, 0.29) is 54.2 Å². The van der Waals surface area contributed by atoms with Gasteiger partial charge in [0.25, 0.3) is 15.9 Å². The van der Waals surface area contributed by atoms with Crippen molar-refractivity contribution in [1.82, 2.24) is 9.79 Å². The SMILES string of the molecule is CCCOc1cc(C(F)(F)C(C(=O)N2CCC(N)CC2)C2(ONS(=O)(=O)c3ccc4ccccc4c3)CCCC2)ccc1Cl. The summed E-state index contributed by atoms with van der Waals surface area (Å²) in [5, 5.41) is 1.70. The average molecular weight is 650 g/mol. The third kappa shape index (κ3) is 6.72. The highest BCUT2D eigenvalue weighted by molar-refractivity contribution is 7.89. The Kier molecular flexibility index (Phi) is 9.81. The zero-order valence-electron chi connectivity index (χ0n) is 24.6. The van der Waals surface area contributed by atoms with Gasteiger partial charge in [-0.15, -0.1) is 0 Å². The van der Waals surface area contributed by atoms with Gasteiger partial charge >= 0.3 is 0 Å². The first kappa shape index (κ1) is 32.6. The lowest BCUT2D eigenvalue weighted by Gasteiger charge is -2.43. The fourth-order valence-corrected chi connectivity index (χ4v) is 7.23. The molecule has 2 fully saturated rings. The Morgan fingerprint density at radius 2 is 1.77 bits per heavy atom. The molecule has 3 aromatic carbocycles. The summed E-state index contributed by atoms with van der Waals surface area (Å²) in [5.74, 6) is -6.53. The molecular weight excluding hydrogens is 612 g/mol. The van der Waals surface area contributed by atoms with E-state index >= 15 is 8.78 Å². The first-order chi connectivity index (χ1) is 21.0. The fraction of sp³-hybridized carbons (Fsp3) is 0.469. The van der Waals surface area contributed by atoms with E-state index in [4.69, 9.17) is 26.9 Å². The van der Waals surface area contributed by atoms with Gasteiger partial charge in [-0.2, -0.15) is 0 Å². The maximum absolute atomic E-state index is 16.9. The van der Waals surface area contributed by atoms with Crippen LogP contribution in [0.5, 0.6) is 5.75 Å². The normalized spacial score (nSPS) is 18.4. The average Bonchev–Trinajstić information content (AvgIpc) is 3.49. The molecule has 1 aliphatic heterocycles. The Morgan fingerprint density at radius 3 is 2.45 bits per heavy atom. The summed E-state index contributed by atoms with van der Waals surface area (Å²) < 4.78 is 66.3. The van der Waals surface area contributed by atoms with Gasteiger partial charge in [-0.3, -0.25) is 9.63 Å². The highest BCUT2D eigenvalue weighted by Crippen LogP contribution is 2.51. The summed E-state index contributed by atoms with van der Waals surface area (Å²) in [6.45, 7) is 2.59. The molecule has 1 aliphatic carbocycles. The van der Waals surface area contributed by atoms with Gasteiger partial charge in [-0.05, 0) is 67.1 Å². The number of piperidine rings is 1. The lowest BCUT2D eigenvalue weighted by molar-refractivity contribution is -0.203. The lowest BCUT2D eigenvalue weighted by Crippen LogP contribution is -2.58. The van der Waals surface area contributed by atoms with Crippen LogP contribution in [0.4, 0.5) is 8.78 Å². The summed E-state index contributed by atoms with van der Waals surface area (Å²) in [6, 6.07) is 15.4. The summed E-state index contributed by atoms with van der Waals surface area (Å²) in [7, 11) is -4.30. The number of ether oxygens (including phenoxy) is 1. The molecule has 5 rings (SSSR count). The molecule has 1 amide bonds. The number of fused-ring (bicyclic) bond motifs is 1. The van der Waals surface area contributed by atoms with Crippen molar-refractivity contribution in [3.8, 4) is 5.75 Å². The van der Waals surface area contributed by atoms with Crippen LogP contribution in [-0.4, -0.2) is 50.6 Å². The smallest absolute Gasteiger partial charge is 0.287 e. The van der Waals surface area contributed by atoms with E-state index in [1.165, 1.54) is 29.2 Å². The van der Waals surface area contributed by atoms with Gasteiger partial charge in [0.2, 0.25) is 5.91 Å². The monoisotopic (exact) mass is 649 g/mol. The van der Waals surface area contributed by atoms with E-state index in [1.54, 1.807) is 18.2 Å². The number of likely N-dealkylation sites (tertiary alicyclic amines) is 1. The van der Waals surface area contributed by atoms with Crippen LogP contribution in [0.25, 0.3) is 10.8 Å². The van der Waals surface area contributed by atoms with Crippen LogP contribution in [0.15, 0.2) is 65.6 Å². The van der Waals surface area contributed by atoms with E-state index in [2.05, 4.69) is 4.89 Å². The summed E-state index contributed by atoms with van der Waals surface area (Å²) >= 11 is 6.25. The highest BCUT2D eigenvalue weighted by Gasteiger charge is 2.61. The molecule has 0 bridgehead atoms. The minimum Gasteiger partial charge on any atom is -0.492 e. The number of hydrogen-bond acceptors (Lipinski definition) is 6. The van der Waals surface area contributed by atoms with Crippen LogP contribution in [0, 0.1) is 5.92 Å². The van der Waals surface area contributed by atoms with E-state index in [9.17, 15) is 13.2 Å². The third-order valence-corrected chi connectivity index (χ3v) is 10.1. The van der Waals surface area contributed by atoms with Gasteiger partial charge < -0.3 is 15.4 Å². The van der Waals surface area contributed by atoms with Gasteiger partial charge in [0.05, 0.1) is 16.5 Å². The van der Waals surface area contributed by atoms with Crippen LogP contribution >= 0.6 is 11.6 Å². The Hall–Kier alpha value is -2.83. The van der Waals surface area contributed by atoms with Crippen molar-refractivity contribution >= 4 is 38.3 Å². The van der Waals surface area contributed by atoms with Crippen molar-refractivity contribution in [2.75, 3.05) is 19.7 Å². The predicted octanol–water partition coefficient (Wildman–Crippen LogP) is 6.16. The number of nitrogens with one attached hydrogen (secondary N) is 1. The molecule has 3 N–H and O–H groups in total. The van der Waals surface area contributed by atoms with E-state index in [0.717, 1.165) is 11.5 Å². The second-order valence-corrected chi connectivity index (χ2v) is 13.7. The first-order valence-corrected chi connectivity index (χ1v) is 16.9. The lowest BCUT2D eigenvalue weighted by atomic mass is 9.77. The number of carbonyl (C=O) groups is 1. The molecule has 0 radical (unpaired) electrons. The summed E-state index contributed by atoms with van der Waals surface area (Å²) in [4.78, 5) is 23.5. The third-order valence-electron chi connectivity index (χ3n) is 8.60. The predicted molar refractivity (Wildman–Crippen MR) is 165 cm³/mol. The van der Waals surface area contributed by atoms with Crippen molar-refractivity contribution < 1.29 is 31.6 Å². The van der Waals surface area contributed by atoms with Crippen molar-refractivity contribution in [1.29, 1.82) is 0 Å². The number of alkyl halides is 2. The van der Waals surface area contributed by atoms with Gasteiger partial charge in [0, 0.05) is 24.7 Å². The number of amides is 1. The quantitative estimate of drug-likeness (QED) is 0.241. The molecule has 238 valence electrons. The highest BCUT2D eigenvalue weighted by atomic mass is 35.5. The molecule has 0 aromatic heterocycles. The topological polar surface area (TPSA) is 111 Å². The summed E-state index contributed by atoms with van der Waals surface area (Å²) in [6.07, 6.45) is 2.66. The molecule has 1 unspecified atom stereocenters. The van der Waals surface area contributed by atoms with Gasteiger partial charge in [-0.25, -0.2) is 17.2 Å².